The first kappa shape index (κ1) is 15.7. The van der Waals surface area contributed by atoms with Crippen molar-refractivity contribution in [3.63, 3.8) is 0 Å². The summed E-state index contributed by atoms with van der Waals surface area (Å²) < 4.78 is 3.61. The first-order valence-corrected chi connectivity index (χ1v) is 8.89. The first-order chi connectivity index (χ1) is 13.2. The number of fused-ring (bicyclic) bond motifs is 2. The molecule has 4 heterocycles. The molecule has 0 bridgehead atoms. The maximum Gasteiger partial charge on any atom is 0.226 e. The van der Waals surface area contributed by atoms with E-state index in [0.29, 0.717) is 13.0 Å². The van der Waals surface area contributed by atoms with E-state index in [2.05, 4.69) is 27.5 Å². The second kappa shape index (κ2) is 6.05. The van der Waals surface area contributed by atoms with Crippen molar-refractivity contribution in [3.05, 3.63) is 77.4 Å². The Balaban J connectivity index is 1.59. The Hall–Kier alpha value is -3.48. The molecule has 0 saturated heterocycles. The molecule has 0 saturated carbocycles. The molecule has 1 N–H and O–H groups in total. The minimum Gasteiger partial charge on any atom is -0.311 e. The van der Waals surface area contributed by atoms with Crippen molar-refractivity contribution in [1.29, 1.82) is 0 Å². The molecule has 1 aromatic carbocycles. The number of carbonyl (C=O) groups excluding carboxylic acids is 1. The number of nitrogens with zero attached hydrogens (tertiary/aromatic N) is 5. The van der Waals surface area contributed by atoms with Gasteiger partial charge in [0.15, 0.2) is 5.65 Å². The summed E-state index contributed by atoms with van der Waals surface area (Å²) >= 11 is 0. The van der Waals surface area contributed by atoms with E-state index in [1.165, 1.54) is 6.33 Å². The summed E-state index contributed by atoms with van der Waals surface area (Å²) in [7, 11) is 0. The number of benzene rings is 1. The topological polar surface area (TPSA) is 77.1 Å². The number of rotatable bonds is 3. The van der Waals surface area contributed by atoms with Gasteiger partial charge in [0, 0.05) is 24.1 Å². The molecule has 0 aliphatic carbocycles. The normalized spacial score (nSPS) is 16.3. The Kier molecular flexibility index (Phi) is 3.53. The smallest absolute Gasteiger partial charge is 0.226 e. The second-order valence-corrected chi connectivity index (χ2v) is 6.82. The molecule has 27 heavy (non-hydrogen) atoms. The van der Waals surface area contributed by atoms with Crippen LogP contribution in [0.1, 0.15) is 34.7 Å². The van der Waals surface area contributed by atoms with Crippen LogP contribution < -0.4 is 5.32 Å². The molecule has 3 aromatic heterocycles. The van der Waals surface area contributed by atoms with Gasteiger partial charge in [-0.1, -0.05) is 30.3 Å². The summed E-state index contributed by atoms with van der Waals surface area (Å²) in [6.07, 6.45) is 3.81. The van der Waals surface area contributed by atoms with Crippen molar-refractivity contribution in [2.75, 3.05) is 5.32 Å². The Morgan fingerprint density at radius 3 is 2.93 bits per heavy atom. The lowest BCUT2D eigenvalue weighted by Gasteiger charge is -2.24. The van der Waals surface area contributed by atoms with Crippen molar-refractivity contribution in [3.8, 4) is 0 Å². The summed E-state index contributed by atoms with van der Waals surface area (Å²) in [4.78, 5) is 16.7. The Labute approximate surface area is 155 Å². The highest BCUT2D eigenvalue weighted by Crippen LogP contribution is 2.39. The zero-order valence-corrected chi connectivity index (χ0v) is 14.8. The Bertz CT molecular complexity index is 1140. The van der Waals surface area contributed by atoms with Gasteiger partial charge in [0.25, 0.3) is 0 Å². The lowest BCUT2D eigenvalue weighted by molar-refractivity contribution is -0.116. The van der Waals surface area contributed by atoms with E-state index < -0.39 is 0 Å². The van der Waals surface area contributed by atoms with Gasteiger partial charge in [-0.05, 0) is 30.2 Å². The third-order valence-electron chi connectivity index (χ3n) is 5.05. The second-order valence-electron chi connectivity index (χ2n) is 6.82. The molecule has 0 fully saturated rings. The average Bonchev–Trinajstić information content (AvgIpc) is 3.26. The Morgan fingerprint density at radius 1 is 1.22 bits per heavy atom. The molecule has 5 rings (SSSR count). The van der Waals surface area contributed by atoms with Crippen LogP contribution in [0.4, 0.5) is 5.82 Å². The fraction of sp³-hybridized carbons (Fsp3) is 0.200. The van der Waals surface area contributed by atoms with E-state index in [4.69, 9.17) is 5.10 Å². The van der Waals surface area contributed by atoms with Gasteiger partial charge in [-0.2, -0.15) is 10.2 Å². The summed E-state index contributed by atoms with van der Waals surface area (Å²) in [5.41, 5.74) is 4.98. The van der Waals surface area contributed by atoms with E-state index in [1.807, 2.05) is 48.1 Å². The molecule has 1 aliphatic heterocycles. The summed E-state index contributed by atoms with van der Waals surface area (Å²) in [6, 6.07) is 14.1. The van der Waals surface area contributed by atoms with Gasteiger partial charge >= 0.3 is 0 Å². The molecule has 7 heteroatoms. The van der Waals surface area contributed by atoms with Crippen molar-refractivity contribution < 1.29 is 4.79 Å². The van der Waals surface area contributed by atoms with Crippen LogP contribution in [-0.2, 0) is 11.3 Å². The quantitative estimate of drug-likeness (QED) is 0.611. The van der Waals surface area contributed by atoms with Crippen LogP contribution in [0.15, 0.2) is 55.0 Å². The van der Waals surface area contributed by atoms with Gasteiger partial charge in [-0.25, -0.2) is 14.2 Å². The Morgan fingerprint density at radius 2 is 2.07 bits per heavy atom. The van der Waals surface area contributed by atoms with Gasteiger partial charge in [0.1, 0.15) is 12.1 Å². The molecule has 0 spiro atoms. The van der Waals surface area contributed by atoms with E-state index in [1.54, 1.807) is 4.52 Å². The monoisotopic (exact) mass is 358 g/mol. The highest BCUT2D eigenvalue weighted by molar-refractivity contribution is 5.94. The molecule has 1 atom stereocenters. The van der Waals surface area contributed by atoms with Crippen LogP contribution in [0.3, 0.4) is 0 Å². The van der Waals surface area contributed by atoms with Gasteiger partial charge < -0.3 is 5.32 Å². The number of aryl methyl sites for hydroxylation is 1. The highest BCUT2D eigenvalue weighted by atomic mass is 16.1. The van der Waals surface area contributed by atoms with Crippen molar-refractivity contribution >= 4 is 17.4 Å². The van der Waals surface area contributed by atoms with Gasteiger partial charge in [0.05, 0.1) is 12.2 Å². The number of aromatic nitrogens is 5. The van der Waals surface area contributed by atoms with Crippen LogP contribution in [0.25, 0.3) is 5.65 Å². The predicted octanol–water partition coefficient (Wildman–Crippen LogP) is 2.76. The molecule has 7 nitrogen and oxygen atoms in total. The zero-order valence-electron chi connectivity index (χ0n) is 14.8. The zero-order chi connectivity index (χ0) is 18.4. The SMILES string of the molecule is Cc1nn(Cc2ccccc2)c2c1C(c1ccn3ncnc3c1)CC(=O)N2. The van der Waals surface area contributed by atoms with Gasteiger partial charge in [-0.3, -0.25) is 4.79 Å². The van der Waals surface area contributed by atoms with Gasteiger partial charge in [0.2, 0.25) is 5.91 Å². The van der Waals surface area contributed by atoms with E-state index in [-0.39, 0.29) is 11.8 Å². The average molecular weight is 358 g/mol. The first-order valence-electron chi connectivity index (χ1n) is 8.89. The van der Waals surface area contributed by atoms with E-state index in [9.17, 15) is 4.79 Å². The van der Waals surface area contributed by atoms with E-state index >= 15 is 0 Å². The largest absolute Gasteiger partial charge is 0.311 e. The number of hydrogen-bond donors (Lipinski definition) is 1. The highest BCUT2D eigenvalue weighted by Gasteiger charge is 2.32. The minimum atomic E-state index is -0.0417. The predicted molar refractivity (Wildman–Crippen MR) is 101 cm³/mol. The summed E-state index contributed by atoms with van der Waals surface area (Å²) in [6.45, 7) is 2.62. The standard InChI is InChI=1S/C20H18N6O/c1-13-19-16(15-7-8-25-17(9-15)21-12-22-25)10-18(27)23-20(19)26(24-13)11-14-5-3-2-4-6-14/h2-9,12,16H,10-11H2,1H3,(H,23,27). The maximum atomic E-state index is 12.5. The van der Waals surface area contributed by atoms with Crippen LogP contribution in [0.2, 0.25) is 0 Å². The number of hydrogen-bond acceptors (Lipinski definition) is 4. The van der Waals surface area contributed by atoms with Crippen molar-refractivity contribution in [2.45, 2.75) is 25.8 Å². The third-order valence-corrected chi connectivity index (χ3v) is 5.05. The van der Waals surface area contributed by atoms with E-state index in [0.717, 1.165) is 33.8 Å². The van der Waals surface area contributed by atoms with Crippen LogP contribution in [0, 0.1) is 6.92 Å². The molecule has 1 aliphatic rings. The number of carbonyl (C=O) groups is 1. The third kappa shape index (κ3) is 2.68. The van der Waals surface area contributed by atoms with Crippen LogP contribution in [0.5, 0.6) is 0 Å². The number of pyridine rings is 1. The van der Waals surface area contributed by atoms with Crippen LogP contribution in [-0.4, -0.2) is 30.3 Å². The lowest BCUT2D eigenvalue weighted by atomic mass is 9.86. The number of nitrogens with one attached hydrogen (secondary N) is 1. The molecule has 0 radical (unpaired) electrons. The van der Waals surface area contributed by atoms with Crippen LogP contribution >= 0.6 is 0 Å². The molecule has 1 unspecified atom stereocenters. The summed E-state index contributed by atoms with van der Waals surface area (Å²) in [5.74, 6) is 0.752. The van der Waals surface area contributed by atoms with Gasteiger partial charge in [-0.15, -0.1) is 0 Å². The number of anilines is 1. The molecule has 134 valence electrons. The maximum absolute atomic E-state index is 12.5. The van der Waals surface area contributed by atoms with Crippen molar-refractivity contribution in [2.24, 2.45) is 0 Å². The fourth-order valence-electron chi connectivity index (χ4n) is 3.82. The lowest BCUT2D eigenvalue weighted by Crippen LogP contribution is -2.25. The molecule has 4 aromatic rings. The molecular formula is C20H18N6O. The molecular weight excluding hydrogens is 340 g/mol. The summed E-state index contributed by atoms with van der Waals surface area (Å²) in [5, 5.41) is 11.9. The molecule has 1 amide bonds. The number of amides is 1. The fourth-order valence-corrected chi connectivity index (χ4v) is 3.82. The van der Waals surface area contributed by atoms with Crippen molar-refractivity contribution in [1.82, 2.24) is 24.4 Å². The minimum absolute atomic E-state index is 0.00283.